The van der Waals surface area contributed by atoms with Crippen molar-refractivity contribution in [1.82, 2.24) is 15.5 Å². The van der Waals surface area contributed by atoms with Gasteiger partial charge in [-0.25, -0.2) is 0 Å². The Labute approximate surface area is 112 Å². The molecule has 0 aliphatic carbocycles. The number of nitrogens with one attached hydrogen (secondary N) is 1. The number of hydrogen-bond donors (Lipinski definition) is 1. The molecule has 2 heterocycles. The summed E-state index contributed by atoms with van der Waals surface area (Å²) < 4.78 is 5.84. The topological polar surface area (TPSA) is 47.0 Å². The molecule has 3 rings (SSSR count). The quantitative estimate of drug-likeness (QED) is 0.906. The number of ether oxygens (including phenoxy) is 1. The van der Waals surface area contributed by atoms with E-state index in [1.165, 1.54) is 11.1 Å². The maximum absolute atomic E-state index is 5.84. The summed E-state index contributed by atoms with van der Waals surface area (Å²) in [7, 11) is 0. The maximum atomic E-state index is 5.84. The van der Waals surface area contributed by atoms with Crippen molar-refractivity contribution < 1.29 is 4.74 Å². The minimum Gasteiger partial charge on any atom is -0.372 e. The summed E-state index contributed by atoms with van der Waals surface area (Å²) in [6.07, 6.45) is 2.84. The predicted molar refractivity (Wildman–Crippen MR) is 72.6 cm³/mol. The van der Waals surface area contributed by atoms with Gasteiger partial charge in [-0.2, -0.15) is 10.2 Å². The monoisotopic (exact) mass is 255 g/mol. The Hall–Kier alpha value is -1.78. The number of nitrogens with zero attached hydrogens (tertiary/aromatic N) is 2. The smallest absolute Gasteiger partial charge is 0.0952 e. The third-order valence-corrected chi connectivity index (χ3v) is 3.36. The van der Waals surface area contributed by atoms with Gasteiger partial charge in [-0.15, -0.1) is 0 Å². The lowest BCUT2D eigenvalue weighted by molar-refractivity contribution is 0.0423. The lowest BCUT2D eigenvalue weighted by Crippen LogP contribution is -2.27. The Morgan fingerprint density at radius 1 is 1.21 bits per heavy atom. The molecule has 19 heavy (non-hydrogen) atoms. The van der Waals surface area contributed by atoms with Crippen LogP contribution in [0.5, 0.6) is 0 Å². The van der Waals surface area contributed by atoms with E-state index in [2.05, 4.69) is 39.8 Å². The molecule has 1 aromatic carbocycles. The molecule has 1 aliphatic heterocycles. The molecule has 1 atom stereocenters. The van der Waals surface area contributed by atoms with Crippen LogP contribution in [-0.4, -0.2) is 23.3 Å². The van der Waals surface area contributed by atoms with Gasteiger partial charge in [-0.3, -0.25) is 0 Å². The van der Waals surface area contributed by atoms with Crippen LogP contribution >= 0.6 is 0 Å². The van der Waals surface area contributed by atoms with E-state index >= 15 is 0 Å². The summed E-state index contributed by atoms with van der Waals surface area (Å²) in [6, 6.07) is 12.4. The van der Waals surface area contributed by atoms with Gasteiger partial charge in [0.05, 0.1) is 18.4 Å². The Bertz CT molecular complexity index is 530. The molecule has 1 unspecified atom stereocenters. The van der Waals surface area contributed by atoms with Crippen molar-refractivity contribution in [3.8, 4) is 0 Å². The zero-order valence-corrected chi connectivity index (χ0v) is 10.7. The predicted octanol–water partition coefficient (Wildman–Crippen LogP) is 1.88. The first kappa shape index (κ1) is 12.3. The second-order valence-electron chi connectivity index (χ2n) is 4.65. The van der Waals surface area contributed by atoms with E-state index in [1.807, 2.05) is 12.1 Å². The fourth-order valence-corrected chi connectivity index (χ4v) is 2.40. The van der Waals surface area contributed by atoms with Crippen molar-refractivity contribution in [2.24, 2.45) is 0 Å². The van der Waals surface area contributed by atoms with Crippen LogP contribution in [0.4, 0.5) is 0 Å². The molecule has 4 nitrogen and oxygen atoms in total. The molecular weight excluding hydrogens is 238 g/mol. The number of hydrogen-bond acceptors (Lipinski definition) is 4. The van der Waals surface area contributed by atoms with Gasteiger partial charge in [0.15, 0.2) is 0 Å². The minimum absolute atomic E-state index is 0.140. The van der Waals surface area contributed by atoms with E-state index < -0.39 is 0 Å². The van der Waals surface area contributed by atoms with Crippen LogP contribution in [0.25, 0.3) is 0 Å². The van der Waals surface area contributed by atoms with Crippen molar-refractivity contribution in [2.75, 3.05) is 13.2 Å². The lowest BCUT2D eigenvalue weighted by atomic mass is 9.97. The highest BCUT2D eigenvalue weighted by Gasteiger charge is 2.19. The summed E-state index contributed by atoms with van der Waals surface area (Å²) in [4.78, 5) is 0. The fraction of sp³-hybridized carbons (Fsp3) is 0.333. The maximum Gasteiger partial charge on any atom is 0.0952 e. The van der Waals surface area contributed by atoms with Crippen molar-refractivity contribution in [1.29, 1.82) is 0 Å². The Morgan fingerprint density at radius 2 is 2.16 bits per heavy atom. The average molecular weight is 255 g/mol. The number of benzene rings is 1. The molecule has 1 aliphatic rings. The van der Waals surface area contributed by atoms with Crippen LogP contribution in [0.1, 0.15) is 22.9 Å². The van der Waals surface area contributed by atoms with Crippen LogP contribution in [0.2, 0.25) is 0 Å². The SMILES string of the molecule is c1cnnc(CNCC2OCCc3ccccc32)c1. The molecule has 0 saturated heterocycles. The Morgan fingerprint density at radius 3 is 3.05 bits per heavy atom. The van der Waals surface area contributed by atoms with E-state index in [1.54, 1.807) is 6.20 Å². The van der Waals surface area contributed by atoms with Gasteiger partial charge >= 0.3 is 0 Å². The van der Waals surface area contributed by atoms with E-state index in [-0.39, 0.29) is 6.10 Å². The van der Waals surface area contributed by atoms with Crippen molar-refractivity contribution in [3.05, 3.63) is 59.4 Å². The fourth-order valence-electron chi connectivity index (χ4n) is 2.40. The first-order valence-corrected chi connectivity index (χ1v) is 6.60. The van der Waals surface area contributed by atoms with Gasteiger partial charge in [0, 0.05) is 19.3 Å². The van der Waals surface area contributed by atoms with Crippen LogP contribution in [-0.2, 0) is 17.7 Å². The van der Waals surface area contributed by atoms with Crippen molar-refractivity contribution in [2.45, 2.75) is 19.1 Å². The molecule has 0 bridgehead atoms. The van der Waals surface area contributed by atoms with E-state index in [4.69, 9.17) is 4.74 Å². The van der Waals surface area contributed by atoms with Gasteiger partial charge in [-0.05, 0) is 29.7 Å². The molecule has 4 heteroatoms. The van der Waals surface area contributed by atoms with Gasteiger partial charge in [-0.1, -0.05) is 24.3 Å². The van der Waals surface area contributed by atoms with Gasteiger partial charge in [0.2, 0.25) is 0 Å². The first-order valence-electron chi connectivity index (χ1n) is 6.60. The number of rotatable bonds is 4. The molecule has 1 N–H and O–H groups in total. The molecular formula is C15H17N3O. The standard InChI is InChI=1S/C15H17N3O/c1-2-6-14-12(4-1)7-9-19-15(14)11-16-10-13-5-3-8-17-18-13/h1-6,8,15-16H,7,9-11H2. The van der Waals surface area contributed by atoms with E-state index in [0.717, 1.165) is 31.8 Å². The highest BCUT2D eigenvalue weighted by molar-refractivity contribution is 5.31. The normalized spacial score (nSPS) is 18.0. The molecule has 98 valence electrons. The molecule has 0 amide bonds. The molecule has 0 spiro atoms. The van der Waals surface area contributed by atoms with Crippen molar-refractivity contribution in [3.63, 3.8) is 0 Å². The summed E-state index contributed by atoms with van der Waals surface area (Å²) >= 11 is 0. The lowest BCUT2D eigenvalue weighted by Gasteiger charge is -2.26. The van der Waals surface area contributed by atoms with E-state index in [9.17, 15) is 0 Å². The zero-order valence-electron chi connectivity index (χ0n) is 10.7. The molecule has 0 radical (unpaired) electrons. The van der Waals surface area contributed by atoms with Gasteiger partial charge in [0.1, 0.15) is 0 Å². The third kappa shape index (κ3) is 2.97. The summed E-state index contributed by atoms with van der Waals surface area (Å²) in [5, 5.41) is 11.3. The van der Waals surface area contributed by atoms with Crippen LogP contribution in [0.3, 0.4) is 0 Å². The molecule has 0 saturated carbocycles. The van der Waals surface area contributed by atoms with E-state index in [0.29, 0.717) is 0 Å². The zero-order chi connectivity index (χ0) is 12.9. The summed E-state index contributed by atoms with van der Waals surface area (Å²) in [6.45, 7) is 2.32. The highest BCUT2D eigenvalue weighted by Crippen LogP contribution is 2.26. The highest BCUT2D eigenvalue weighted by atomic mass is 16.5. The molecule has 0 fully saturated rings. The third-order valence-electron chi connectivity index (χ3n) is 3.36. The second-order valence-corrected chi connectivity index (χ2v) is 4.65. The van der Waals surface area contributed by atoms with Crippen LogP contribution in [0, 0.1) is 0 Å². The van der Waals surface area contributed by atoms with Crippen LogP contribution in [0.15, 0.2) is 42.6 Å². The second kappa shape index (κ2) is 5.91. The minimum atomic E-state index is 0.140. The average Bonchev–Trinajstić information content (AvgIpc) is 2.49. The van der Waals surface area contributed by atoms with Crippen molar-refractivity contribution >= 4 is 0 Å². The number of fused-ring (bicyclic) bond motifs is 1. The summed E-state index contributed by atoms with van der Waals surface area (Å²) in [5.74, 6) is 0. The van der Waals surface area contributed by atoms with Gasteiger partial charge < -0.3 is 10.1 Å². The Kier molecular flexibility index (Phi) is 3.81. The van der Waals surface area contributed by atoms with Gasteiger partial charge in [0.25, 0.3) is 0 Å². The Balaban J connectivity index is 1.59. The first-order chi connectivity index (χ1) is 9.43. The largest absolute Gasteiger partial charge is 0.372 e. The van der Waals surface area contributed by atoms with Crippen LogP contribution < -0.4 is 5.32 Å². The molecule has 2 aromatic rings. The molecule has 1 aromatic heterocycles. The summed E-state index contributed by atoms with van der Waals surface area (Å²) in [5.41, 5.74) is 3.66. The number of aromatic nitrogens is 2.